The van der Waals surface area contributed by atoms with Gasteiger partial charge in [-0.15, -0.1) is 0 Å². The van der Waals surface area contributed by atoms with Gasteiger partial charge in [-0.1, -0.05) is 0 Å². The van der Waals surface area contributed by atoms with E-state index in [0.29, 0.717) is 5.16 Å². The number of nitrogen functional groups attached to an aromatic ring is 1. The summed E-state index contributed by atoms with van der Waals surface area (Å²) in [5, 5.41) is 4.26. The van der Waals surface area contributed by atoms with Gasteiger partial charge in [-0.05, 0) is 11.8 Å². The molecule has 0 aliphatic carbocycles. The molecule has 0 unspecified atom stereocenters. The highest BCUT2D eigenvalue weighted by Crippen LogP contribution is 2.31. The first-order valence-electron chi connectivity index (χ1n) is 4.85. The molecule has 0 fully saturated rings. The van der Waals surface area contributed by atoms with Gasteiger partial charge in [0.2, 0.25) is 5.82 Å². The van der Waals surface area contributed by atoms with Gasteiger partial charge in [-0.2, -0.15) is 18.3 Å². The van der Waals surface area contributed by atoms with Gasteiger partial charge in [-0.25, -0.2) is 25.5 Å². The van der Waals surface area contributed by atoms with Crippen molar-refractivity contribution in [2.24, 2.45) is 12.9 Å². The van der Waals surface area contributed by atoms with E-state index < -0.39 is 12.0 Å². The van der Waals surface area contributed by atoms with Crippen LogP contribution in [0.2, 0.25) is 0 Å². The quantitative estimate of drug-likeness (QED) is 0.496. The third kappa shape index (κ3) is 3.12. The summed E-state index contributed by atoms with van der Waals surface area (Å²) in [4.78, 5) is 10.5. The Bertz CT molecular complexity index is 582. The molecule has 7 nitrogen and oxygen atoms in total. The van der Waals surface area contributed by atoms with E-state index in [4.69, 9.17) is 5.84 Å². The maximum absolute atomic E-state index is 12.6. The molecule has 0 aliphatic heterocycles. The lowest BCUT2D eigenvalue weighted by atomic mass is 10.5. The van der Waals surface area contributed by atoms with Crippen molar-refractivity contribution in [2.75, 3.05) is 5.43 Å². The van der Waals surface area contributed by atoms with Crippen LogP contribution in [0.3, 0.4) is 0 Å². The number of hydrazine groups is 1. The zero-order valence-electron chi connectivity index (χ0n) is 9.51. The smallest absolute Gasteiger partial charge is 0.308 e. The summed E-state index contributed by atoms with van der Waals surface area (Å²) in [6.45, 7) is 0. The summed E-state index contributed by atoms with van der Waals surface area (Å²) in [5.74, 6) is 3.68. The van der Waals surface area contributed by atoms with E-state index in [0.717, 1.165) is 11.8 Å². The van der Waals surface area contributed by atoms with Crippen LogP contribution in [0.1, 0.15) is 5.82 Å². The zero-order chi connectivity index (χ0) is 14.0. The van der Waals surface area contributed by atoms with Gasteiger partial charge >= 0.3 is 6.18 Å². The summed E-state index contributed by atoms with van der Waals surface area (Å²) < 4.78 is 39.2. The molecule has 0 atom stereocenters. The van der Waals surface area contributed by atoms with Crippen molar-refractivity contribution in [3.63, 3.8) is 0 Å². The van der Waals surface area contributed by atoms with E-state index >= 15 is 0 Å². The van der Waals surface area contributed by atoms with Crippen LogP contribution in [-0.4, -0.2) is 24.7 Å². The van der Waals surface area contributed by atoms with Crippen molar-refractivity contribution >= 4 is 17.6 Å². The number of aryl methyl sites for hydroxylation is 1. The van der Waals surface area contributed by atoms with Gasteiger partial charge < -0.3 is 5.43 Å². The number of rotatable bonds is 3. The fourth-order valence-electron chi connectivity index (χ4n) is 1.15. The van der Waals surface area contributed by atoms with Crippen LogP contribution < -0.4 is 11.3 Å². The van der Waals surface area contributed by atoms with E-state index in [1.165, 1.54) is 17.1 Å². The first-order valence-corrected chi connectivity index (χ1v) is 5.66. The molecule has 2 rings (SSSR count). The second kappa shape index (κ2) is 5.01. The lowest BCUT2D eigenvalue weighted by molar-refractivity contribution is -0.145. The number of halogens is 3. The Labute approximate surface area is 109 Å². The summed E-state index contributed by atoms with van der Waals surface area (Å²) in [7, 11) is 1.61. The van der Waals surface area contributed by atoms with Gasteiger partial charge in [0.15, 0.2) is 5.16 Å². The Balaban J connectivity index is 2.37. The van der Waals surface area contributed by atoms with E-state index in [9.17, 15) is 13.2 Å². The third-order valence-electron chi connectivity index (χ3n) is 1.97. The van der Waals surface area contributed by atoms with Gasteiger partial charge in [0.1, 0.15) is 17.2 Å². The van der Waals surface area contributed by atoms with Crippen LogP contribution in [0.4, 0.5) is 19.0 Å². The first kappa shape index (κ1) is 13.5. The molecule has 0 aromatic carbocycles. The maximum Gasteiger partial charge on any atom is 0.451 e. The lowest BCUT2D eigenvalue weighted by Crippen LogP contribution is -2.16. The van der Waals surface area contributed by atoms with Gasteiger partial charge in [0, 0.05) is 13.1 Å². The van der Waals surface area contributed by atoms with Crippen molar-refractivity contribution in [2.45, 2.75) is 16.4 Å². The molecular weight excluding hydrogens is 283 g/mol. The van der Waals surface area contributed by atoms with Gasteiger partial charge in [0.05, 0.1) is 0 Å². The SMILES string of the molecule is Cn1ncnc1Sc1cc(NN)nc(C(F)(F)F)n1. The van der Waals surface area contributed by atoms with E-state index in [2.05, 4.69) is 25.5 Å². The standard InChI is InChI=1S/C8H8F3N7S/c1-18-7(13-3-14-18)19-5-2-4(17-12)15-6(16-5)8(9,10)11/h2-3H,12H2,1H3,(H,15,16,17). The highest BCUT2D eigenvalue weighted by Gasteiger charge is 2.35. The lowest BCUT2D eigenvalue weighted by Gasteiger charge is -2.09. The van der Waals surface area contributed by atoms with E-state index in [1.54, 1.807) is 7.05 Å². The molecule has 0 radical (unpaired) electrons. The monoisotopic (exact) mass is 291 g/mol. The molecule has 102 valence electrons. The molecule has 2 aromatic rings. The number of alkyl halides is 3. The van der Waals surface area contributed by atoms with Crippen molar-refractivity contribution in [3.8, 4) is 0 Å². The van der Waals surface area contributed by atoms with Crippen molar-refractivity contribution < 1.29 is 13.2 Å². The van der Waals surface area contributed by atoms with Crippen LogP contribution in [0.5, 0.6) is 0 Å². The number of hydrogen-bond donors (Lipinski definition) is 2. The highest BCUT2D eigenvalue weighted by molar-refractivity contribution is 7.99. The Morgan fingerprint density at radius 2 is 2.11 bits per heavy atom. The number of nitrogens with one attached hydrogen (secondary N) is 1. The van der Waals surface area contributed by atoms with Gasteiger partial charge in [-0.3, -0.25) is 0 Å². The Morgan fingerprint density at radius 1 is 1.37 bits per heavy atom. The molecule has 11 heteroatoms. The second-order valence-electron chi connectivity index (χ2n) is 3.33. The number of aromatic nitrogens is 5. The minimum atomic E-state index is -4.65. The number of nitrogens with zero attached hydrogens (tertiary/aromatic N) is 5. The Hall–Kier alpha value is -1.88. The second-order valence-corrected chi connectivity index (χ2v) is 4.31. The minimum Gasteiger partial charge on any atom is -0.308 e. The van der Waals surface area contributed by atoms with Crippen molar-refractivity contribution in [1.29, 1.82) is 0 Å². The molecule has 0 saturated heterocycles. The third-order valence-corrected chi connectivity index (χ3v) is 2.94. The molecule has 2 aromatic heterocycles. The number of anilines is 1. The molecule has 0 aliphatic rings. The molecule has 2 heterocycles. The van der Waals surface area contributed by atoms with Crippen molar-refractivity contribution in [3.05, 3.63) is 18.2 Å². The summed E-state index contributed by atoms with van der Waals surface area (Å²) in [6, 6.07) is 1.29. The fourth-order valence-corrected chi connectivity index (χ4v) is 1.92. The largest absolute Gasteiger partial charge is 0.451 e. The van der Waals surface area contributed by atoms with E-state index in [-0.39, 0.29) is 10.8 Å². The Kier molecular flexibility index (Phi) is 3.57. The minimum absolute atomic E-state index is 0.0615. The number of hydrogen-bond acceptors (Lipinski definition) is 7. The summed E-state index contributed by atoms with van der Waals surface area (Å²) in [6.07, 6.45) is -3.36. The van der Waals surface area contributed by atoms with Crippen LogP contribution in [-0.2, 0) is 13.2 Å². The fraction of sp³-hybridized carbons (Fsp3) is 0.250. The average molecular weight is 291 g/mol. The molecule has 0 bridgehead atoms. The molecule has 3 N–H and O–H groups in total. The highest BCUT2D eigenvalue weighted by atomic mass is 32.2. The van der Waals surface area contributed by atoms with Crippen LogP contribution in [0.15, 0.2) is 22.6 Å². The Morgan fingerprint density at radius 3 is 2.63 bits per heavy atom. The van der Waals surface area contributed by atoms with Crippen LogP contribution in [0, 0.1) is 0 Å². The van der Waals surface area contributed by atoms with Crippen LogP contribution in [0.25, 0.3) is 0 Å². The normalized spacial score (nSPS) is 11.6. The molecule has 0 spiro atoms. The zero-order valence-corrected chi connectivity index (χ0v) is 10.3. The molecule has 0 amide bonds. The average Bonchev–Trinajstić information content (AvgIpc) is 2.73. The molecule has 19 heavy (non-hydrogen) atoms. The summed E-state index contributed by atoms with van der Waals surface area (Å²) in [5.41, 5.74) is 2.07. The molecule has 0 saturated carbocycles. The van der Waals surface area contributed by atoms with E-state index in [1.807, 2.05) is 0 Å². The predicted octanol–water partition coefficient (Wildman–Crippen LogP) is 1.06. The first-order chi connectivity index (χ1) is 8.90. The topological polar surface area (TPSA) is 94.5 Å². The maximum atomic E-state index is 12.6. The molecular formula is C8H8F3N7S. The van der Waals surface area contributed by atoms with Gasteiger partial charge in [0.25, 0.3) is 0 Å². The van der Waals surface area contributed by atoms with Crippen LogP contribution >= 0.6 is 11.8 Å². The summed E-state index contributed by atoms with van der Waals surface area (Å²) >= 11 is 0.923. The van der Waals surface area contributed by atoms with Crippen molar-refractivity contribution in [1.82, 2.24) is 24.7 Å². The predicted molar refractivity (Wildman–Crippen MR) is 60.0 cm³/mol. The number of nitrogens with two attached hydrogens (primary N) is 1.